The number of rotatable bonds is 5. The lowest BCUT2D eigenvalue weighted by Crippen LogP contribution is -2.13. The van der Waals surface area contributed by atoms with Crippen LogP contribution in [0.4, 0.5) is 0 Å². The van der Waals surface area contributed by atoms with Gasteiger partial charge in [-0.1, -0.05) is 41.6 Å². The van der Waals surface area contributed by atoms with Crippen molar-refractivity contribution in [1.82, 2.24) is 20.2 Å². The molecule has 0 spiro atoms. The highest BCUT2D eigenvalue weighted by Crippen LogP contribution is 2.24. The van der Waals surface area contributed by atoms with E-state index >= 15 is 0 Å². The first-order valence-electron chi connectivity index (χ1n) is 5.40. The molecule has 0 bridgehead atoms. The third-order valence-electron chi connectivity index (χ3n) is 2.32. The average molecular weight is 299 g/mol. The molecule has 0 unspecified atom stereocenters. The lowest BCUT2D eigenvalue weighted by Gasteiger charge is -2.04. The van der Waals surface area contributed by atoms with Crippen LogP contribution in [0.1, 0.15) is 5.56 Å². The molecule has 0 aliphatic rings. The first-order valence-corrected chi connectivity index (χ1v) is 6.76. The summed E-state index contributed by atoms with van der Waals surface area (Å²) in [5.74, 6) is 0.230. The molecule has 1 aromatic heterocycles. The van der Waals surface area contributed by atoms with Crippen LogP contribution in [-0.4, -0.2) is 33.3 Å². The first-order chi connectivity index (χ1) is 9.20. The zero-order valence-electron chi connectivity index (χ0n) is 10.1. The number of hydrogen-bond acceptors (Lipinski definition) is 6. The lowest BCUT2D eigenvalue weighted by atomic mass is 10.2. The number of benzene rings is 1. The van der Waals surface area contributed by atoms with E-state index in [9.17, 15) is 4.79 Å². The Kier molecular flexibility index (Phi) is 4.75. The van der Waals surface area contributed by atoms with Crippen molar-refractivity contribution in [2.24, 2.45) is 0 Å². The Labute approximate surface area is 119 Å². The molecule has 8 heteroatoms. The normalized spacial score (nSPS) is 10.4. The number of carbonyl (C=O) groups is 1. The first kappa shape index (κ1) is 13.8. The molecule has 2 aromatic rings. The van der Waals surface area contributed by atoms with Crippen molar-refractivity contribution in [2.45, 2.75) is 17.5 Å². The Hall–Kier alpha value is -1.60. The van der Waals surface area contributed by atoms with Crippen LogP contribution in [0.25, 0.3) is 0 Å². The maximum atomic E-state index is 11.2. The van der Waals surface area contributed by atoms with Gasteiger partial charge in [-0.3, -0.25) is 4.79 Å². The molecule has 0 aliphatic carbocycles. The topological polar surface area (TPSA) is 69.9 Å². The van der Waals surface area contributed by atoms with Gasteiger partial charge in [0.25, 0.3) is 0 Å². The monoisotopic (exact) mass is 298 g/mol. The minimum Gasteiger partial charge on any atom is -0.468 e. The van der Waals surface area contributed by atoms with Gasteiger partial charge in [-0.15, -0.1) is 5.10 Å². The molecule has 0 N–H and O–H groups in total. The minimum absolute atomic E-state index is 0.00560. The second kappa shape index (κ2) is 6.53. The van der Waals surface area contributed by atoms with Gasteiger partial charge in [0, 0.05) is 10.8 Å². The van der Waals surface area contributed by atoms with Gasteiger partial charge >= 0.3 is 5.97 Å². The van der Waals surface area contributed by atoms with Gasteiger partial charge in [0.15, 0.2) is 0 Å². The predicted octanol–water partition coefficient (Wildman–Crippen LogP) is 1.79. The Morgan fingerprint density at radius 2 is 2.26 bits per heavy atom. The van der Waals surface area contributed by atoms with E-state index in [1.807, 2.05) is 24.3 Å². The zero-order chi connectivity index (χ0) is 13.7. The number of halogens is 1. The van der Waals surface area contributed by atoms with Crippen LogP contribution in [0.5, 0.6) is 0 Å². The maximum Gasteiger partial charge on any atom is 0.327 e. The van der Waals surface area contributed by atoms with E-state index in [0.717, 1.165) is 5.56 Å². The Bertz CT molecular complexity index is 575. The summed E-state index contributed by atoms with van der Waals surface area (Å²) in [6, 6.07) is 7.55. The van der Waals surface area contributed by atoms with Crippen LogP contribution in [0.2, 0.25) is 5.02 Å². The van der Waals surface area contributed by atoms with Crippen molar-refractivity contribution in [2.75, 3.05) is 7.11 Å². The van der Waals surface area contributed by atoms with Gasteiger partial charge in [-0.05, 0) is 22.1 Å². The quantitative estimate of drug-likeness (QED) is 0.619. The number of carbonyl (C=O) groups excluding carboxylic acids is 1. The summed E-state index contributed by atoms with van der Waals surface area (Å²) >= 11 is 7.47. The molecule has 0 fully saturated rings. The van der Waals surface area contributed by atoms with Crippen LogP contribution >= 0.6 is 23.4 Å². The largest absolute Gasteiger partial charge is 0.468 e. The Morgan fingerprint density at radius 3 is 3.00 bits per heavy atom. The molecular formula is C11H11ClN4O2S. The van der Waals surface area contributed by atoms with E-state index in [1.54, 1.807) is 0 Å². The third-order valence-corrected chi connectivity index (χ3v) is 3.69. The van der Waals surface area contributed by atoms with E-state index in [1.165, 1.54) is 23.6 Å². The number of esters is 1. The van der Waals surface area contributed by atoms with Crippen LogP contribution in [0.3, 0.4) is 0 Å². The molecule has 6 nitrogen and oxygen atoms in total. The summed E-state index contributed by atoms with van der Waals surface area (Å²) in [5, 5.41) is 12.4. The van der Waals surface area contributed by atoms with E-state index in [0.29, 0.717) is 15.9 Å². The smallest absolute Gasteiger partial charge is 0.327 e. The molecule has 0 amide bonds. The molecule has 0 radical (unpaired) electrons. The van der Waals surface area contributed by atoms with Crippen molar-refractivity contribution in [3.05, 3.63) is 34.9 Å². The molecule has 1 heterocycles. The second-order valence-corrected chi connectivity index (χ2v) is 4.93. The molecule has 0 aliphatic heterocycles. The highest BCUT2D eigenvalue weighted by molar-refractivity contribution is 7.98. The van der Waals surface area contributed by atoms with Crippen LogP contribution < -0.4 is 0 Å². The molecule has 100 valence electrons. The summed E-state index contributed by atoms with van der Waals surface area (Å²) in [6.07, 6.45) is 0. The van der Waals surface area contributed by atoms with Gasteiger partial charge in [0.05, 0.1) is 7.11 Å². The van der Waals surface area contributed by atoms with Crippen molar-refractivity contribution >= 4 is 29.3 Å². The highest BCUT2D eigenvalue weighted by atomic mass is 35.5. The SMILES string of the molecule is COC(=O)Cn1nnnc1SCc1ccccc1Cl. The molecule has 0 saturated carbocycles. The maximum absolute atomic E-state index is 11.2. The van der Waals surface area contributed by atoms with Crippen LogP contribution in [0, 0.1) is 0 Å². The van der Waals surface area contributed by atoms with E-state index in [4.69, 9.17) is 11.6 Å². The van der Waals surface area contributed by atoms with Crippen molar-refractivity contribution in [3.63, 3.8) is 0 Å². The fraction of sp³-hybridized carbons (Fsp3) is 0.273. The van der Waals surface area contributed by atoms with Crippen molar-refractivity contribution in [1.29, 1.82) is 0 Å². The number of nitrogens with zero attached hydrogens (tertiary/aromatic N) is 4. The van der Waals surface area contributed by atoms with Gasteiger partial charge in [0.2, 0.25) is 5.16 Å². The summed E-state index contributed by atoms with van der Waals surface area (Å²) in [5.41, 5.74) is 0.988. The van der Waals surface area contributed by atoms with Gasteiger partial charge in [-0.25, -0.2) is 4.68 Å². The van der Waals surface area contributed by atoms with Gasteiger partial charge in [0.1, 0.15) is 6.54 Å². The van der Waals surface area contributed by atoms with E-state index < -0.39 is 5.97 Å². The minimum atomic E-state index is -0.396. The van der Waals surface area contributed by atoms with Crippen LogP contribution in [0.15, 0.2) is 29.4 Å². The van der Waals surface area contributed by atoms with Gasteiger partial charge in [-0.2, -0.15) is 0 Å². The molecule has 1 aromatic carbocycles. The third kappa shape index (κ3) is 3.68. The van der Waals surface area contributed by atoms with Crippen molar-refractivity contribution in [3.8, 4) is 0 Å². The van der Waals surface area contributed by atoms with E-state index in [2.05, 4.69) is 20.3 Å². The summed E-state index contributed by atoms with van der Waals surface area (Å²) in [7, 11) is 1.32. The number of aromatic nitrogens is 4. The standard InChI is InChI=1S/C11H11ClN4O2S/c1-18-10(17)6-16-11(13-14-15-16)19-7-8-4-2-3-5-9(8)12/h2-5H,6-7H2,1H3. The molecule has 0 atom stereocenters. The molecule has 0 saturated heterocycles. The Balaban J connectivity index is 2.02. The number of hydrogen-bond donors (Lipinski definition) is 0. The number of tetrazole rings is 1. The lowest BCUT2D eigenvalue weighted by molar-refractivity contribution is -0.141. The molecule has 2 rings (SSSR count). The fourth-order valence-corrected chi connectivity index (χ4v) is 2.51. The van der Waals surface area contributed by atoms with E-state index in [-0.39, 0.29) is 6.54 Å². The number of ether oxygens (including phenoxy) is 1. The predicted molar refractivity (Wildman–Crippen MR) is 70.8 cm³/mol. The molecular weight excluding hydrogens is 288 g/mol. The number of thioether (sulfide) groups is 1. The highest BCUT2D eigenvalue weighted by Gasteiger charge is 2.11. The zero-order valence-corrected chi connectivity index (χ0v) is 11.7. The van der Waals surface area contributed by atoms with Crippen molar-refractivity contribution < 1.29 is 9.53 Å². The van der Waals surface area contributed by atoms with Crippen LogP contribution in [-0.2, 0) is 21.8 Å². The summed E-state index contributed by atoms with van der Waals surface area (Å²) < 4.78 is 5.97. The number of methoxy groups -OCH3 is 1. The fourth-order valence-electron chi connectivity index (χ4n) is 1.34. The molecule has 19 heavy (non-hydrogen) atoms. The summed E-state index contributed by atoms with van der Waals surface area (Å²) in [6.45, 7) is -0.00560. The average Bonchev–Trinajstić information content (AvgIpc) is 2.85. The second-order valence-electron chi connectivity index (χ2n) is 3.58. The van der Waals surface area contributed by atoms with Gasteiger partial charge < -0.3 is 4.74 Å². The Morgan fingerprint density at radius 1 is 1.47 bits per heavy atom. The summed E-state index contributed by atoms with van der Waals surface area (Å²) in [4.78, 5) is 11.2.